The molecule has 5 heteroatoms. The highest BCUT2D eigenvalue weighted by Crippen LogP contribution is 2.32. The summed E-state index contributed by atoms with van der Waals surface area (Å²) in [7, 11) is 0. The van der Waals surface area contributed by atoms with E-state index in [-0.39, 0.29) is 0 Å². The number of aromatic amines is 1. The first-order valence-electron chi connectivity index (χ1n) is 6.27. The van der Waals surface area contributed by atoms with E-state index >= 15 is 0 Å². The van der Waals surface area contributed by atoms with Gasteiger partial charge in [0.1, 0.15) is 5.52 Å². The number of aromatic nitrogens is 4. The molecule has 4 rings (SSSR count). The summed E-state index contributed by atoms with van der Waals surface area (Å²) in [5.41, 5.74) is 3.31. The number of aryl methyl sites for hydroxylation is 1. The van der Waals surface area contributed by atoms with E-state index in [1.807, 2.05) is 10.9 Å². The molecule has 3 aromatic heterocycles. The summed E-state index contributed by atoms with van der Waals surface area (Å²) < 4.78 is 2.04. The Labute approximate surface area is 109 Å². The second kappa shape index (κ2) is 3.68. The number of fused-ring (bicyclic) bond motifs is 1. The zero-order valence-electron chi connectivity index (χ0n) is 10.2. The molecular weight excluding hydrogens is 244 g/mol. The van der Waals surface area contributed by atoms with Gasteiger partial charge in [-0.25, -0.2) is 9.67 Å². The molecule has 1 aliphatic rings. The SMILES string of the molecule is Cc1ccsc1-c1nc2c(cnn2CC2CC2)[nH]1. The molecule has 0 radical (unpaired) electrons. The van der Waals surface area contributed by atoms with Crippen LogP contribution in [-0.2, 0) is 6.54 Å². The number of nitrogens with one attached hydrogen (secondary N) is 1. The quantitative estimate of drug-likeness (QED) is 0.784. The summed E-state index contributed by atoms with van der Waals surface area (Å²) in [6, 6.07) is 2.13. The predicted molar refractivity (Wildman–Crippen MR) is 72.7 cm³/mol. The van der Waals surface area contributed by atoms with Crippen LogP contribution in [0, 0.1) is 12.8 Å². The van der Waals surface area contributed by atoms with Crippen molar-refractivity contribution in [3.05, 3.63) is 23.2 Å². The Morgan fingerprint density at radius 2 is 2.39 bits per heavy atom. The van der Waals surface area contributed by atoms with E-state index in [0.29, 0.717) is 0 Å². The summed E-state index contributed by atoms with van der Waals surface area (Å²) in [6.07, 6.45) is 4.56. The van der Waals surface area contributed by atoms with Crippen molar-refractivity contribution in [2.45, 2.75) is 26.3 Å². The van der Waals surface area contributed by atoms with Crippen molar-refractivity contribution >= 4 is 22.5 Å². The maximum absolute atomic E-state index is 4.71. The molecule has 0 aromatic carbocycles. The minimum absolute atomic E-state index is 0.816. The lowest BCUT2D eigenvalue weighted by Crippen LogP contribution is -2.01. The highest BCUT2D eigenvalue weighted by molar-refractivity contribution is 7.13. The fourth-order valence-corrected chi connectivity index (χ4v) is 3.12. The van der Waals surface area contributed by atoms with Crippen LogP contribution in [0.4, 0.5) is 0 Å². The lowest BCUT2D eigenvalue weighted by molar-refractivity contribution is 0.576. The van der Waals surface area contributed by atoms with Gasteiger partial charge >= 0.3 is 0 Å². The van der Waals surface area contributed by atoms with Crippen molar-refractivity contribution in [2.24, 2.45) is 5.92 Å². The Hall–Kier alpha value is -1.62. The molecule has 1 aliphatic carbocycles. The molecular formula is C13H14N4S. The Kier molecular flexibility index (Phi) is 2.11. The Morgan fingerprint density at radius 3 is 3.11 bits per heavy atom. The van der Waals surface area contributed by atoms with Crippen molar-refractivity contribution in [3.8, 4) is 10.7 Å². The number of hydrogen-bond acceptors (Lipinski definition) is 3. The van der Waals surface area contributed by atoms with Gasteiger partial charge in [0.2, 0.25) is 0 Å². The average Bonchev–Trinajstić information content (AvgIpc) is 2.75. The van der Waals surface area contributed by atoms with E-state index in [1.54, 1.807) is 11.3 Å². The van der Waals surface area contributed by atoms with Gasteiger partial charge in [0.25, 0.3) is 0 Å². The molecule has 0 unspecified atom stereocenters. The van der Waals surface area contributed by atoms with Crippen LogP contribution >= 0.6 is 11.3 Å². The topological polar surface area (TPSA) is 46.5 Å². The van der Waals surface area contributed by atoms with Crippen LogP contribution in [0.25, 0.3) is 21.9 Å². The molecule has 1 N–H and O–H groups in total. The maximum Gasteiger partial charge on any atom is 0.176 e. The van der Waals surface area contributed by atoms with Crippen molar-refractivity contribution in [1.29, 1.82) is 0 Å². The first-order valence-corrected chi connectivity index (χ1v) is 7.15. The first-order chi connectivity index (χ1) is 8.81. The van der Waals surface area contributed by atoms with E-state index in [0.717, 1.165) is 29.5 Å². The second-order valence-electron chi connectivity index (χ2n) is 5.03. The average molecular weight is 258 g/mol. The minimum atomic E-state index is 0.816. The third kappa shape index (κ3) is 1.58. The molecule has 1 saturated carbocycles. The number of imidazole rings is 1. The van der Waals surface area contributed by atoms with Gasteiger partial charge in [-0.2, -0.15) is 5.10 Å². The van der Waals surface area contributed by atoms with Gasteiger partial charge in [-0.15, -0.1) is 11.3 Å². The largest absolute Gasteiger partial charge is 0.335 e. The van der Waals surface area contributed by atoms with Crippen molar-refractivity contribution in [2.75, 3.05) is 0 Å². The van der Waals surface area contributed by atoms with Crippen LogP contribution < -0.4 is 0 Å². The molecule has 0 amide bonds. The highest BCUT2D eigenvalue weighted by Gasteiger charge is 2.23. The summed E-state index contributed by atoms with van der Waals surface area (Å²) in [6.45, 7) is 3.13. The summed E-state index contributed by atoms with van der Waals surface area (Å²) in [5, 5.41) is 6.51. The minimum Gasteiger partial charge on any atom is -0.335 e. The number of nitrogens with zero attached hydrogens (tertiary/aromatic N) is 3. The van der Waals surface area contributed by atoms with E-state index in [1.165, 1.54) is 23.3 Å². The summed E-state index contributed by atoms with van der Waals surface area (Å²) in [5.74, 6) is 1.79. The van der Waals surface area contributed by atoms with E-state index in [2.05, 4.69) is 28.5 Å². The summed E-state index contributed by atoms with van der Waals surface area (Å²) >= 11 is 1.73. The normalized spacial score (nSPS) is 15.6. The van der Waals surface area contributed by atoms with Crippen LogP contribution in [0.5, 0.6) is 0 Å². The molecule has 18 heavy (non-hydrogen) atoms. The zero-order valence-corrected chi connectivity index (χ0v) is 11.0. The van der Waals surface area contributed by atoms with Crippen LogP contribution in [0.3, 0.4) is 0 Å². The van der Waals surface area contributed by atoms with Gasteiger partial charge < -0.3 is 4.98 Å². The third-order valence-corrected chi connectivity index (χ3v) is 4.51. The predicted octanol–water partition coefficient (Wildman–Crippen LogP) is 3.21. The smallest absolute Gasteiger partial charge is 0.176 e. The van der Waals surface area contributed by atoms with E-state index in [9.17, 15) is 0 Å². The van der Waals surface area contributed by atoms with Crippen molar-refractivity contribution < 1.29 is 0 Å². The number of H-pyrrole nitrogens is 1. The molecule has 0 bridgehead atoms. The first kappa shape index (κ1) is 10.3. The van der Waals surface area contributed by atoms with Crippen LogP contribution in [0.15, 0.2) is 17.6 Å². The van der Waals surface area contributed by atoms with Gasteiger partial charge in [0.05, 0.1) is 11.1 Å². The Bertz CT molecular complexity index is 702. The molecule has 1 fully saturated rings. The Balaban J connectivity index is 1.79. The fourth-order valence-electron chi connectivity index (χ4n) is 2.25. The maximum atomic E-state index is 4.71. The van der Waals surface area contributed by atoms with Crippen LogP contribution in [0.1, 0.15) is 18.4 Å². The number of hydrogen-bond donors (Lipinski definition) is 1. The number of thiophene rings is 1. The van der Waals surface area contributed by atoms with Gasteiger partial charge in [0.15, 0.2) is 11.5 Å². The van der Waals surface area contributed by atoms with Gasteiger partial charge in [0, 0.05) is 6.54 Å². The zero-order chi connectivity index (χ0) is 12.1. The molecule has 3 aromatic rings. The highest BCUT2D eigenvalue weighted by atomic mass is 32.1. The molecule has 3 heterocycles. The molecule has 0 atom stereocenters. The lowest BCUT2D eigenvalue weighted by atomic mass is 10.3. The van der Waals surface area contributed by atoms with Gasteiger partial charge in [-0.05, 0) is 42.7 Å². The summed E-state index contributed by atoms with van der Waals surface area (Å²) in [4.78, 5) is 9.31. The van der Waals surface area contributed by atoms with Gasteiger partial charge in [-0.1, -0.05) is 0 Å². The van der Waals surface area contributed by atoms with Gasteiger partial charge in [-0.3, -0.25) is 0 Å². The van der Waals surface area contributed by atoms with Crippen molar-refractivity contribution in [3.63, 3.8) is 0 Å². The molecule has 0 spiro atoms. The lowest BCUT2D eigenvalue weighted by Gasteiger charge is -1.98. The Morgan fingerprint density at radius 1 is 1.50 bits per heavy atom. The van der Waals surface area contributed by atoms with Crippen LogP contribution in [0.2, 0.25) is 0 Å². The second-order valence-corrected chi connectivity index (χ2v) is 5.94. The van der Waals surface area contributed by atoms with Crippen molar-refractivity contribution in [1.82, 2.24) is 19.7 Å². The standard InChI is InChI=1S/C13H14N4S/c1-8-4-5-18-11(8)12-15-10-6-14-17(13(10)16-12)7-9-2-3-9/h4-6,9H,2-3,7H2,1H3,(H,15,16). The molecule has 0 saturated heterocycles. The fraction of sp³-hybridized carbons (Fsp3) is 0.385. The van der Waals surface area contributed by atoms with E-state index < -0.39 is 0 Å². The monoisotopic (exact) mass is 258 g/mol. The molecule has 4 nitrogen and oxygen atoms in total. The van der Waals surface area contributed by atoms with Crippen LogP contribution in [-0.4, -0.2) is 19.7 Å². The number of rotatable bonds is 3. The molecule has 0 aliphatic heterocycles. The molecule has 92 valence electrons. The third-order valence-electron chi connectivity index (χ3n) is 3.49. The van der Waals surface area contributed by atoms with E-state index in [4.69, 9.17) is 4.98 Å².